The number of hydrogen-bond donors (Lipinski definition) is 2. The summed E-state index contributed by atoms with van der Waals surface area (Å²) in [5.74, 6) is -0.00654. The van der Waals surface area contributed by atoms with Gasteiger partial charge in [-0.1, -0.05) is 22.0 Å². The minimum absolute atomic E-state index is 0.0372. The molecule has 20 heavy (non-hydrogen) atoms. The molecule has 0 aliphatic carbocycles. The van der Waals surface area contributed by atoms with Crippen LogP contribution < -0.4 is 10.2 Å². The number of phenolic OH excluding ortho intramolecular Hbond substituents is 1. The molecule has 0 spiro atoms. The molecule has 0 saturated heterocycles. The number of amides is 1. The summed E-state index contributed by atoms with van der Waals surface area (Å²) in [7, 11) is 1.46. The molecule has 0 saturated carbocycles. The molecule has 0 atom stereocenters. The van der Waals surface area contributed by atoms with Crippen molar-refractivity contribution in [1.82, 2.24) is 5.43 Å². The average Bonchev–Trinajstić information content (AvgIpc) is 2.96. The first-order valence-corrected chi connectivity index (χ1v) is 7.22. The van der Waals surface area contributed by atoms with E-state index in [9.17, 15) is 9.90 Å². The van der Waals surface area contributed by atoms with Crippen molar-refractivity contribution in [3.05, 3.63) is 44.6 Å². The van der Waals surface area contributed by atoms with Gasteiger partial charge in [-0.05, 0) is 23.6 Å². The van der Waals surface area contributed by atoms with Crippen LogP contribution in [0.5, 0.6) is 11.5 Å². The number of nitrogens with one attached hydrogen (secondary N) is 1. The van der Waals surface area contributed by atoms with E-state index in [2.05, 4.69) is 26.5 Å². The number of ether oxygens (including phenoxy) is 1. The van der Waals surface area contributed by atoms with Crippen molar-refractivity contribution in [2.45, 2.75) is 0 Å². The number of carbonyl (C=O) groups is 1. The van der Waals surface area contributed by atoms with Gasteiger partial charge in [-0.15, -0.1) is 11.3 Å². The van der Waals surface area contributed by atoms with Crippen molar-refractivity contribution in [2.75, 3.05) is 7.11 Å². The fourth-order valence-electron chi connectivity index (χ4n) is 1.47. The fraction of sp³-hybridized carbons (Fsp3) is 0.0769. The molecule has 1 aromatic carbocycles. The lowest BCUT2D eigenvalue weighted by Crippen LogP contribution is -2.16. The number of thiophene rings is 1. The first-order valence-electron chi connectivity index (χ1n) is 5.55. The van der Waals surface area contributed by atoms with E-state index >= 15 is 0 Å². The highest BCUT2D eigenvalue weighted by Crippen LogP contribution is 2.32. The Labute approximate surface area is 128 Å². The van der Waals surface area contributed by atoms with Crippen LogP contribution in [0.3, 0.4) is 0 Å². The Morgan fingerprint density at radius 3 is 3.00 bits per heavy atom. The Morgan fingerprint density at radius 2 is 2.35 bits per heavy atom. The molecule has 0 aliphatic rings. The molecule has 1 amide bonds. The number of aromatic hydroxyl groups is 1. The van der Waals surface area contributed by atoms with Crippen molar-refractivity contribution < 1.29 is 14.6 Å². The summed E-state index contributed by atoms with van der Waals surface area (Å²) < 4.78 is 5.76. The highest BCUT2D eigenvalue weighted by Gasteiger charge is 2.08. The molecular formula is C13H11BrN2O3S. The normalized spacial score (nSPS) is 10.7. The summed E-state index contributed by atoms with van der Waals surface area (Å²) in [6.45, 7) is 0. The van der Waals surface area contributed by atoms with Crippen LogP contribution in [-0.4, -0.2) is 24.3 Å². The van der Waals surface area contributed by atoms with E-state index < -0.39 is 0 Å². The van der Waals surface area contributed by atoms with E-state index in [1.807, 2.05) is 5.38 Å². The van der Waals surface area contributed by atoms with Crippen LogP contribution in [-0.2, 0) is 0 Å². The zero-order valence-electron chi connectivity index (χ0n) is 10.5. The molecule has 1 heterocycles. The second kappa shape index (κ2) is 6.53. The summed E-state index contributed by atoms with van der Waals surface area (Å²) in [4.78, 5) is 12.2. The lowest BCUT2D eigenvalue weighted by Gasteiger charge is -2.06. The Kier molecular flexibility index (Phi) is 4.75. The van der Waals surface area contributed by atoms with Gasteiger partial charge >= 0.3 is 0 Å². The smallest absolute Gasteiger partial charge is 0.281 e. The van der Waals surface area contributed by atoms with Crippen LogP contribution in [0.2, 0.25) is 0 Å². The van der Waals surface area contributed by atoms with Gasteiger partial charge in [-0.25, -0.2) is 5.43 Å². The summed E-state index contributed by atoms with van der Waals surface area (Å²) in [6.07, 6.45) is 1.36. The maximum atomic E-state index is 11.7. The number of hydrazone groups is 1. The fourth-order valence-corrected chi connectivity index (χ4v) is 2.54. The van der Waals surface area contributed by atoms with Gasteiger partial charge in [0.15, 0.2) is 11.5 Å². The lowest BCUT2D eigenvalue weighted by atomic mass is 10.2. The van der Waals surface area contributed by atoms with Crippen molar-refractivity contribution in [3.8, 4) is 11.5 Å². The molecule has 0 radical (unpaired) electrons. The Bertz CT molecular complexity index is 641. The maximum absolute atomic E-state index is 11.7. The van der Waals surface area contributed by atoms with Crippen LogP contribution in [0, 0.1) is 0 Å². The monoisotopic (exact) mass is 354 g/mol. The van der Waals surface area contributed by atoms with Gasteiger partial charge in [0.05, 0.1) is 18.2 Å². The molecule has 0 fully saturated rings. The minimum atomic E-state index is -0.294. The predicted molar refractivity (Wildman–Crippen MR) is 81.7 cm³/mol. The molecule has 0 bridgehead atoms. The van der Waals surface area contributed by atoms with Crippen LogP contribution in [0.15, 0.2) is 39.2 Å². The summed E-state index contributed by atoms with van der Waals surface area (Å²) in [6, 6.07) is 6.79. The maximum Gasteiger partial charge on any atom is 0.281 e. The third-order valence-corrected chi connectivity index (χ3v) is 3.73. The molecule has 7 heteroatoms. The molecule has 2 N–H and O–H groups in total. The molecule has 1 aromatic heterocycles. The summed E-state index contributed by atoms with van der Waals surface area (Å²) in [5.41, 5.74) is 2.82. The van der Waals surface area contributed by atoms with E-state index in [1.54, 1.807) is 24.3 Å². The number of nitrogens with zero attached hydrogens (tertiary/aromatic N) is 1. The van der Waals surface area contributed by atoms with Gasteiger partial charge in [-0.2, -0.15) is 5.10 Å². The second-order valence-corrected chi connectivity index (χ2v) is 5.59. The van der Waals surface area contributed by atoms with Crippen LogP contribution in [0.25, 0.3) is 0 Å². The SMILES string of the molecule is COc1cc(Br)cc(/C=N\NC(=O)c2cccs2)c1O. The quantitative estimate of drug-likeness (QED) is 0.654. The van der Waals surface area contributed by atoms with Crippen LogP contribution in [0.4, 0.5) is 0 Å². The lowest BCUT2D eigenvalue weighted by molar-refractivity contribution is 0.0959. The van der Waals surface area contributed by atoms with Gasteiger partial charge in [-0.3, -0.25) is 4.79 Å². The highest BCUT2D eigenvalue weighted by atomic mass is 79.9. The zero-order valence-corrected chi connectivity index (χ0v) is 12.9. The molecule has 2 rings (SSSR count). The second-order valence-electron chi connectivity index (χ2n) is 3.72. The largest absolute Gasteiger partial charge is 0.504 e. The number of methoxy groups -OCH3 is 1. The zero-order chi connectivity index (χ0) is 14.5. The number of carbonyl (C=O) groups excluding carboxylic acids is 1. The molecule has 104 valence electrons. The van der Waals surface area contributed by atoms with E-state index in [1.165, 1.54) is 24.7 Å². The standard InChI is InChI=1S/C13H11BrN2O3S/c1-19-10-6-9(14)5-8(12(10)17)7-15-16-13(18)11-3-2-4-20-11/h2-7,17H,1H3,(H,16,18)/b15-7-. The Balaban J connectivity index is 2.12. The van der Waals surface area contributed by atoms with E-state index in [0.717, 1.165) is 4.47 Å². The molecule has 5 nitrogen and oxygen atoms in total. The first kappa shape index (κ1) is 14.5. The number of rotatable bonds is 4. The highest BCUT2D eigenvalue weighted by molar-refractivity contribution is 9.10. The predicted octanol–water partition coefficient (Wildman–Crippen LogP) is 2.99. The van der Waals surface area contributed by atoms with Crippen LogP contribution >= 0.6 is 27.3 Å². The third kappa shape index (κ3) is 3.37. The first-order chi connectivity index (χ1) is 9.61. The van der Waals surface area contributed by atoms with Crippen LogP contribution in [0.1, 0.15) is 15.2 Å². The summed E-state index contributed by atoms with van der Waals surface area (Å²) in [5, 5.41) is 15.5. The van der Waals surface area contributed by atoms with Gasteiger partial charge in [0.2, 0.25) is 0 Å². The van der Waals surface area contributed by atoms with Gasteiger partial charge in [0, 0.05) is 10.0 Å². The van der Waals surface area contributed by atoms with E-state index in [-0.39, 0.29) is 11.7 Å². The van der Waals surface area contributed by atoms with E-state index in [4.69, 9.17) is 4.74 Å². The number of halogens is 1. The van der Waals surface area contributed by atoms with Gasteiger partial charge in [0.25, 0.3) is 5.91 Å². The topological polar surface area (TPSA) is 70.9 Å². The Morgan fingerprint density at radius 1 is 1.55 bits per heavy atom. The number of phenols is 1. The van der Waals surface area contributed by atoms with E-state index in [0.29, 0.717) is 16.2 Å². The average molecular weight is 355 g/mol. The van der Waals surface area contributed by atoms with Crippen molar-refractivity contribution in [3.63, 3.8) is 0 Å². The molecule has 0 aliphatic heterocycles. The summed E-state index contributed by atoms with van der Waals surface area (Å²) >= 11 is 4.63. The molecular weight excluding hydrogens is 344 g/mol. The third-order valence-electron chi connectivity index (χ3n) is 2.40. The van der Waals surface area contributed by atoms with Gasteiger partial charge < -0.3 is 9.84 Å². The van der Waals surface area contributed by atoms with Crippen molar-refractivity contribution >= 4 is 39.4 Å². The number of benzene rings is 1. The number of hydrogen-bond acceptors (Lipinski definition) is 5. The molecule has 0 unspecified atom stereocenters. The van der Waals surface area contributed by atoms with Gasteiger partial charge in [0.1, 0.15) is 0 Å². The Hall–Kier alpha value is -1.86. The van der Waals surface area contributed by atoms with Crippen molar-refractivity contribution in [2.24, 2.45) is 5.10 Å². The molecule has 2 aromatic rings. The minimum Gasteiger partial charge on any atom is -0.504 e. The van der Waals surface area contributed by atoms with Crippen molar-refractivity contribution in [1.29, 1.82) is 0 Å².